The molecule has 1 aliphatic heterocycles. The highest BCUT2D eigenvalue weighted by Gasteiger charge is 2.35. The molecule has 1 saturated heterocycles. The molecule has 0 aromatic heterocycles. The van der Waals surface area contributed by atoms with E-state index in [0.29, 0.717) is 13.0 Å². The molecule has 0 spiro atoms. The van der Waals surface area contributed by atoms with E-state index < -0.39 is 9.84 Å². The van der Waals surface area contributed by atoms with Crippen LogP contribution in [0.3, 0.4) is 0 Å². The zero-order chi connectivity index (χ0) is 12.3. The van der Waals surface area contributed by atoms with Gasteiger partial charge in [-0.05, 0) is 19.8 Å². The molecule has 2 atom stereocenters. The minimum atomic E-state index is -2.93. The number of alkyl halides is 1. The highest BCUT2D eigenvalue weighted by molar-refractivity contribution is 9.10. The zero-order valence-electron chi connectivity index (χ0n) is 9.65. The van der Waals surface area contributed by atoms with Crippen molar-refractivity contribution in [3.05, 3.63) is 0 Å². The van der Waals surface area contributed by atoms with Gasteiger partial charge in [0.05, 0.1) is 16.3 Å². The molecule has 0 saturated carbocycles. The first kappa shape index (κ1) is 14.0. The second-order valence-corrected chi connectivity index (χ2v) is 7.39. The topological polar surface area (TPSA) is 54.5 Å². The summed E-state index contributed by atoms with van der Waals surface area (Å²) in [5.74, 6) is 0.336. The Balaban J connectivity index is 2.73. The number of amides is 1. The molecule has 16 heavy (non-hydrogen) atoms. The van der Waals surface area contributed by atoms with E-state index in [2.05, 4.69) is 15.9 Å². The fraction of sp³-hybridized carbons (Fsp3) is 0.900. The highest BCUT2D eigenvalue weighted by Crippen LogP contribution is 2.20. The van der Waals surface area contributed by atoms with Crippen LogP contribution >= 0.6 is 15.9 Å². The number of nitrogens with zero attached hydrogens (tertiary/aromatic N) is 1. The van der Waals surface area contributed by atoms with Crippen LogP contribution in [0, 0.1) is 0 Å². The van der Waals surface area contributed by atoms with Gasteiger partial charge < -0.3 is 4.90 Å². The summed E-state index contributed by atoms with van der Waals surface area (Å²) in [7, 11) is -2.93. The van der Waals surface area contributed by atoms with Gasteiger partial charge in [0, 0.05) is 12.6 Å². The molecular formula is C10H18BrNO3S. The second kappa shape index (κ2) is 5.49. The Labute approximate surface area is 105 Å². The summed E-state index contributed by atoms with van der Waals surface area (Å²) in [6.45, 7) is 4.38. The zero-order valence-corrected chi connectivity index (χ0v) is 12.1. The summed E-state index contributed by atoms with van der Waals surface area (Å²) in [6.07, 6.45) is 1.29. The van der Waals surface area contributed by atoms with E-state index >= 15 is 0 Å². The summed E-state index contributed by atoms with van der Waals surface area (Å²) < 4.78 is 22.7. The van der Waals surface area contributed by atoms with Crippen LogP contribution in [0.5, 0.6) is 0 Å². The number of sulfone groups is 1. The fourth-order valence-corrected chi connectivity index (χ4v) is 3.96. The first-order chi connectivity index (χ1) is 7.41. The average molecular weight is 312 g/mol. The molecule has 4 nitrogen and oxygen atoms in total. The van der Waals surface area contributed by atoms with E-state index in [-0.39, 0.29) is 28.3 Å². The largest absolute Gasteiger partial charge is 0.338 e. The molecule has 1 rings (SSSR count). The van der Waals surface area contributed by atoms with E-state index in [1.807, 2.05) is 13.8 Å². The van der Waals surface area contributed by atoms with Crippen LogP contribution in [0.25, 0.3) is 0 Å². The van der Waals surface area contributed by atoms with Crippen molar-refractivity contribution in [1.29, 1.82) is 0 Å². The van der Waals surface area contributed by atoms with Gasteiger partial charge in [0.25, 0.3) is 0 Å². The number of carbonyl (C=O) groups is 1. The van der Waals surface area contributed by atoms with Gasteiger partial charge in [-0.3, -0.25) is 4.79 Å². The van der Waals surface area contributed by atoms with Crippen molar-refractivity contribution in [2.24, 2.45) is 0 Å². The lowest BCUT2D eigenvalue weighted by molar-refractivity contribution is -0.132. The Morgan fingerprint density at radius 3 is 2.50 bits per heavy atom. The summed E-state index contributed by atoms with van der Waals surface area (Å²) in [4.78, 5) is 13.5. The number of carbonyl (C=O) groups excluding carboxylic acids is 1. The van der Waals surface area contributed by atoms with Gasteiger partial charge in [-0.25, -0.2) is 8.42 Å². The molecule has 6 heteroatoms. The highest BCUT2D eigenvalue weighted by atomic mass is 79.9. The Bertz CT molecular complexity index is 355. The number of rotatable bonds is 4. The molecule has 0 aromatic carbocycles. The van der Waals surface area contributed by atoms with Crippen LogP contribution in [0.1, 0.15) is 26.7 Å². The van der Waals surface area contributed by atoms with Crippen molar-refractivity contribution in [3.8, 4) is 0 Å². The van der Waals surface area contributed by atoms with Crippen LogP contribution in [0.15, 0.2) is 0 Å². The quantitative estimate of drug-likeness (QED) is 0.733. The van der Waals surface area contributed by atoms with Crippen molar-refractivity contribution in [1.82, 2.24) is 4.90 Å². The Morgan fingerprint density at radius 1 is 1.50 bits per heavy atom. The van der Waals surface area contributed by atoms with Crippen LogP contribution in [0.4, 0.5) is 0 Å². The third-order valence-electron chi connectivity index (χ3n) is 2.90. The van der Waals surface area contributed by atoms with Gasteiger partial charge in [0.15, 0.2) is 9.84 Å². The standard InChI is InChI=1S/C10H18BrNO3S/c1-3-9(11)10(13)12(4-2)8-5-6-16(14,15)7-8/h8-9H,3-7H2,1-2H3. The fourth-order valence-electron chi connectivity index (χ4n) is 1.97. The van der Waals surface area contributed by atoms with Gasteiger partial charge in [0.1, 0.15) is 0 Å². The summed E-state index contributed by atoms with van der Waals surface area (Å²) in [5, 5.41) is 0. The maximum atomic E-state index is 12.0. The minimum Gasteiger partial charge on any atom is -0.338 e. The molecule has 0 aliphatic carbocycles. The van der Waals surface area contributed by atoms with Crippen LogP contribution in [-0.4, -0.2) is 48.1 Å². The van der Waals surface area contributed by atoms with Crippen molar-refractivity contribution < 1.29 is 13.2 Å². The molecule has 0 bridgehead atoms. The lowest BCUT2D eigenvalue weighted by Crippen LogP contribution is -2.44. The molecule has 0 aromatic rings. The smallest absolute Gasteiger partial charge is 0.236 e. The van der Waals surface area contributed by atoms with Gasteiger partial charge in [-0.1, -0.05) is 22.9 Å². The van der Waals surface area contributed by atoms with Crippen molar-refractivity contribution in [2.45, 2.75) is 37.6 Å². The first-order valence-corrected chi connectivity index (χ1v) is 8.30. The van der Waals surface area contributed by atoms with Crippen molar-refractivity contribution in [2.75, 3.05) is 18.1 Å². The summed E-state index contributed by atoms with van der Waals surface area (Å²) in [5.41, 5.74) is 0. The van der Waals surface area contributed by atoms with Crippen LogP contribution < -0.4 is 0 Å². The number of halogens is 1. The van der Waals surface area contributed by atoms with Crippen LogP contribution in [0.2, 0.25) is 0 Å². The molecule has 1 amide bonds. The molecule has 1 aliphatic rings. The van der Waals surface area contributed by atoms with E-state index in [9.17, 15) is 13.2 Å². The normalized spacial score (nSPS) is 25.3. The SMILES string of the molecule is CCC(Br)C(=O)N(CC)C1CCS(=O)(=O)C1. The maximum Gasteiger partial charge on any atom is 0.236 e. The first-order valence-electron chi connectivity index (χ1n) is 5.56. The summed E-state index contributed by atoms with van der Waals surface area (Å²) >= 11 is 3.32. The monoisotopic (exact) mass is 311 g/mol. The second-order valence-electron chi connectivity index (χ2n) is 4.06. The van der Waals surface area contributed by atoms with Gasteiger partial charge in [-0.2, -0.15) is 0 Å². The maximum absolute atomic E-state index is 12.0. The van der Waals surface area contributed by atoms with Crippen LogP contribution in [-0.2, 0) is 14.6 Å². The molecule has 94 valence electrons. The molecule has 1 fully saturated rings. The van der Waals surface area contributed by atoms with Gasteiger partial charge in [0.2, 0.25) is 5.91 Å². The van der Waals surface area contributed by atoms with Crippen molar-refractivity contribution >= 4 is 31.7 Å². The van der Waals surface area contributed by atoms with Gasteiger partial charge >= 0.3 is 0 Å². The Hall–Kier alpha value is -0.100. The Morgan fingerprint density at radius 2 is 2.12 bits per heavy atom. The summed E-state index contributed by atoms with van der Waals surface area (Å²) in [6, 6.07) is -0.130. The van der Waals surface area contributed by atoms with E-state index in [1.54, 1.807) is 4.90 Å². The predicted octanol–water partition coefficient (Wildman–Crippen LogP) is 1.20. The van der Waals surface area contributed by atoms with E-state index in [1.165, 1.54) is 0 Å². The number of hydrogen-bond donors (Lipinski definition) is 0. The predicted molar refractivity (Wildman–Crippen MR) is 67.5 cm³/mol. The van der Waals surface area contributed by atoms with Crippen molar-refractivity contribution in [3.63, 3.8) is 0 Å². The lowest BCUT2D eigenvalue weighted by atomic mass is 10.2. The molecule has 1 heterocycles. The van der Waals surface area contributed by atoms with Gasteiger partial charge in [-0.15, -0.1) is 0 Å². The molecule has 0 N–H and O–H groups in total. The third kappa shape index (κ3) is 3.20. The van der Waals surface area contributed by atoms with E-state index in [0.717, 1.165) is 6.42 Å². The lowest BCUT2D eigenvalue weighted by Gasteiger charge is -2.28. The minimum absolute atomic E-state index is 0.00657. The molecule has 2 unspecified atom stereocenters. The molecular weight excluding hydrogens is 294 g/mol. The average Bonchev–Trinajstić information content (AvgIpc) is 2.58. The Kier molecular flexibility index (Phi) is 4.79. The number of hydrogen-bond acceptors (Lipinski definition) is 3. The van der Waals surface area contributed by atoms with E-state index in [4.69, 9.17) is 0 Å². The molecule has 0 radical (unpaired) electrons. The third-order valence-corrected chi connectivity index (χ3v) is 5.69.